The highest BCUT2D eigenvalue weighted by molar-refractivity contribution is 9.10. The summed E-state index contributed by atoms with van der Waals surface area (Å²) in [6.07, 6.45) is 1.84. The van der Waals surface area contributed by atoms with E-state index in [9.17, 15) is 13.2 Å². The molecule has 2 aromatic carbocycles. The molecule has 0 aliphatic carbocycles. The Kier molecular flexibility index (Phi) is 8.88. The zero-order valence-electron chi connectivity index (χ0n) is 19.4. The summed E-state index contributed by atoms with van der Waals surface area (Å²) in [4.78, 5) is 20.7. The summed E-state index contributed by atoms with van der Waals surface area (Å²) in [6, 6.07) is 12.2. The number of unbranched alkanes of at least 4 members (excludes halogenated alkanes) is 1. The van der Waals surface area contributed by atoms with Crippen LogP contribution in [0.2, 0.25) is 0 Å². The number of amides is 1. The highest BCUT2D eigenvalue weighted by atomic mass is 79.9. The van der Waals surface area contributed by atoms with Gasteiger partial charge in [-0.3, -0.25) is 9.52 Å². The molecule has 1 aromatic heterocycles. The minimum atomic E-state index is -3.98. The summed E-state index contributed by atoms with van der Waals surface area (Å²) in [6.45, 7) is 2.56. The number of methoxy groups -OCH3 is 2. The summed E-state index contributed by atoms with van der Waals surface area (Å²) < 4.78 is 44.4. The van der Waals surface area contributed by atoms with E-state index in [4.69, 9.17) is 14.2 Å². The third-order valence-electron chi connectivity index (χ3n) is 4.68. The zero-order chi connectivity index (χ0) is 25.4. The number of hydrogen-bond donors (Lipinski definition) is 2. The van der Waals surface area contributed by atoms with E-state index >= 15 is 0 Å². The minimum Gasteiger partial charge on any atom is -0.493 e. The minimum absolute atomic E-state index is 0.0173. The first kappa shape index (κ1) is 26.2. The van der Waals surface area contributed by atoms with Gasteiger partial charge in [0.25, 0.3) is 15.9 Å². The maximum Gasteiger partial charge on any atom is 0.321 e. The summed E-state index contributed by atoms with van der Waals surface area (Å²) >= 11 is 3.37. The highest BCUT2D eigenvalue weighted by Gasteiger charge is 2.18. The highest BCUT2D eigenvalue weighted by Crippen LogP contribution is 2.26. The Labute approximate surface area is 212 Å². The molecule has 0 fully saturated rings. The van der Waals surface area contributed by atoms with E-state index in [1.54, 1.807) is 18.2 Å². The Hall–Kier alpha value is -3.38. The Morgan fingerprint density at radius 1 is 1.03 bits per heavy atom. The maximum absolute atomic E-state index is 12.9. The molecule has 0 bridgehead atoms. The van der Waals surface area contributed by atoms with Crippen LogP contribution in [-0.2, 0) is 10.0 Å². The van der Waals surface area contributed by atoms with Crippen LogP contribution in [0.4, 0.5) is 11.5 Å². The Bertz CT molecular complexity index is 1260. The number of rotatable bonds is 11. The van der Waals surface area contributed by atoms with E-state index in [1.807, 2.05) is 0 Å². The van der Waals surface area contributed by atoms with E-state index in [0.717, 1.165) is 17.3 Å². The molecule has 0 spiro atoms. The molecule has 3 rings (SSSR count). The van der Waals surface area contributed by atoms with Gasteiger partial charge in [0, 0.05) is 16.2 Å². The number of sulfonamides is 1. The molecule has 0 saturated carbocycles. The second-order valence-electron chi connectivity index (χ2n) is 7.21. The molecule has 12 heteroatoms. The number of benzene rings is 2. The van der Waals surface area contributed by atoms with Gasteiger partial charge in [0.15, 0.2) is 5.82 Å². The predicted molar refractivity (Wildman–Crippen MR) is 135 cm³/mol. The smallest absolute Gasteiger partial charge is 0.321 e. The van der Waals surface area contributed by atoms with Gasteiger partial charge in [-0.1, -0.05) is 29.3 Å². The molecule has 0 saturated heterocycles. The van der Waals surface area contributed by atoms with Gasteiger partial charge in [0.05, 0.1) is 31.3 Å². The molecule has 10 nitrogen and oxygen atoms in total. The number of carbonyl (C=O) groups excluding carboxylic acids is 1. The largest absolute Gasteiger partial charge is 0.493 e. The van der Waals surface area contributed by atoms with Crippen molar-refractivity contribution in [3.05, 3.63) is 58.6 Å². The van der Waals surface area contributed by atoms with Gasteiger partial charge in [-0.15, -0.1) is 0 Å². The number of aromatic nitrogens is 2. The second kappa shape index (κ2) is 11.8. The normalized spacial score (nSPS) is 11.0. The van der Waals surface area contributed by atoms with Gasteiger partial charge in [0.2, 0.25) is 5.88 Å². The van der Waals surface area contributed by atoms with Gasteiger partial charge < -0.3 is 19.5 Å². The number of anilines is 2. The van der Waals surface area contributed by atoms with Crippen LogP contribution >= 0.6 is 15.9 Å². The molecule has 35 heavy (non-hydrogen) atoms. The van der Waals surface area contributed by atoms with E-state index in [1.165, 1.54) is 44.6 Å². The summed E-state index contributed by atoms with van der Waals surface area (Å²) in [5, 5.41) is 2.77. The predicted octanol–water partition coefficient (Wildman–Crippen LogP) is 4.49. The van der Waals surface area contributed by atoms with E-state index in [0.29, 0.717) is 23.6 Å². The Morgan fingerprint density at radius 3 is 2.43 bits per heavy atom. The molecule has 186 valence electrons. The summed E-state index contributed by atoms with van der Waals surface area (Å²) in [5.41, 5.74) is 0.777. The number of carbonyl (C=O) groups is 1. The maximum atomic E-state index is 12.9. The van der Waals surface area contributed by atoms with Gasteiger partial charge in [-0.2, -0.15) is 9.97 Å². The van der Waals surface area contributed by atoms with Crippen molar-refractivity contribution in [1.82, 2.24) is 9.97 Å². The van der Waals surface area contributed by atoms with Crippen LogP contribution in [0.1, 0.15) is 30.1 Å². The number of ether oxygens (including phenoxy) is 3. The molecule has 0 radical (unpaired) electrons. The van der Waals surface area contributed by atoms with Crippen LogP contribution in [-0.4, -0.2) is 45.1 Å². The molecule has 0 aliphatic heterocycles. The van der Waals surface area contributed by atoms with Gasteiger partial charge in [0.1, 0.15) is 5.75 Å². The van der Waals surface area contributed by atoms with Crippen molar-refractivity contribution >= 4 is 43.4 Å². The van der Waals surface area contributed by atoms with Crippen molar-refractivity contribution in [1.29, 1.82) is 0 Å². The van der Waals surface area contributed by atoms with Crippen molar-refractivity contribution in [2.45, 2.75) is 24.7 Å². The average Bonchev–Trinajstić information content (AvgIpc) is 2.84. The van der Waals surface area contributed by atoms with Crippen LogP contribution in [0.3, 0.4) is 0 Å². The Balaban J connectivity index is 1.75. The van der Waals surface area contributed by atoms with Crippen LogP contribution in [0.15, 0.2) is 57.9 Å². The van der Waals surface area contributed by atoms with Crippen molar-refractivity contribution in [2.75, 3.05) is 30.9 Å². The van der Waals surface area contributed by atoms with Crippen LogP contribution < -0.4 is 24.2 Å². The second-order valence-corrected chi connectivity index (χ2v) is 9.81. The molecule has 3 aromatic rings. The lowest BCUT2D eigenvalue weighted by Crippen LogP contribution is -2.16. The lowest BCUT2D eigenvalue weighted by atomic mass is 10.2. The van der Waals surface area contributed by atoms with Crippen molar-refractivity contribution < 1.29 is 27.4 Å². The first-order chi connectivity index (χ1) is 16.7. The summed E-state index contributed by atoms with van der Waals surface area (Å²) in [7, 11) is -1.23. The lowest BCUT2D eigenvalue weighted by Gasteiger charge is -2.13. The quantitative estimate of drug-likeness (QED) is 0.326. The monoisotopic (exact) mass is 564 g/mol. The summed E-state index contributed by atoms with van der Waals surface area (Å²) in [5.74, 6) is 0.208. The van der Waals surface area contributed by atoms with E-state index in [2.05, 4.69) is 42.9 Å². The number of nitrogens with one attached hydrogen (secondary N) is 2. The van der Waals surface area contributed by atoms with Crippen LogP contribution in [0, 0.1) is 0 Å². The van der Waals surface area contributed by atoms with Gasteiger partial charge >= 0.3 is 6.01 Å². The molecule has 0 unspecified atom stereocenters. The first-order valence-corrected chi connectivity index (χ1v) is 12.9. The average molecular weight is 565 g/mol. The van der Waals surface area contributed by atoms with Crippen LogP contribution in [0.5, 0.6) is 17.6 Å². The fourth-order valence-corrected chi connectivity index (χ4v) is 4.25. The van der Waals surface area contributed by atoms with Crippen molar-refractivity contribution in [2.24, 2.45) is 0 Å². The zero-order valence-corrected chi connectivity index (χ0v) is 21.8. The molecular weight excluding hydrogens is 540 g/mol. The number of nitrogens with zero attached hydrogens (tertiary/aromatic N) is 2. The van der Waals surface area contributed by atoms with Crippen molar-refractivity contribution in [3.63, 3.8) is 0 Å². The molecule has 1 heterocycles. The van der Waals surface area contributed by atoms with E-state index < -0.39 is 10.0 Å². The SMILES string of the molecule is CCCCOc1ccc(Br)cc1C(=O)Nc1ccc(S(=O)(=O)Nc2cc(OC)nc(OC)n2)cc1. The topological polar surface area (TPSA) is 129 Å². The fourth-order valence-electron chi connectivity index (χ4n) is 2.90. The van der Waals surface area contributed by atoms with Gasteiger partial charge in [-0.25, -0.2) is 8.42 Å². The lowest BCUT2D eigenvalue weighted by molar-refractivity contribution is 0.102. The molecule has 0 aliphatic rings. The fraction of sp³-hybridized carbons (Fsp3) is 0.261. The van der Waals surface area contributed by atoms with Crippen molar-refractivity contribution in [3.8, 4) is 17.6 Å². The number of hydrogen-bond acceptors (Lipinski definition) is 8. The Morgan fingerprint density at radius 2 is 1.77 bits per heavy atom. The number of halogens is 1. The molecular formula is C23H25BrN4O6S. The molecule has 1 amide bonds. The van der Waals surface area contributed by atoms with Gasteiger partial charge in [-0.05, 0) is 48.9 Å². The first-order valence-electron chi connectivity index (χ1n) is 10.6. The molecule has 2 N–H and O–H groups in total. The van der Waals surface area contributed by atoms with Crippen LogP contribution in [0.25, 0.3) is 0 Å². The standard InChI is InChI=1S/C23H25BrN4O6S/c1-4-5-12-34-19-11-6-15(24)13-18(19)22(29)25-16-7-9-17(10-8-16)35(30,31)28-20-14-21(32-2)27-23(26-20)33-3/h6-11,13-14H,4-5,12H2,1-3H3,(H,25,29)(H,26,27,28). The third-order valence-corrected chi connectivity index (χ3v) is 6.54. The third kappa shape index (κ3) is 7.06. The van der Waals surface area contributed by atoms with E-state index in [-0.39, 0.29) is 28.5 Å². The molecule has 0 atom stereocenters.